The molecule has 2 aromatic rings. The minimum atomic E-state index is -0.831. The molecule has 2 unspecified atom stereocenters. The van der Waals surface area contributed by atoms with E-state index in [-0.39, 0.29) is 43.2 Å². The van der Waals surface area contributed by atoms with Crippen molar-refractivity contribution in [2.24, 2.45) is 17.8 Å². The molecule has 2 atom stereocenters. The number of carboxylic acids is 1. The van der Waals surface area contributed by atoms with Gasteiger partial charge < -0.3 is 20.5 Å². The molecule has 0 aromatic heterocycles. The van der Waals surface area contributed by atoms with Crippen LogP contribution < -0.4 is 10.6 Å². The van der Waals surface area contributed by atoms with Crippen molar-refractivity contribution in [1.29, 1.82) is 0 Å². The first kappa shape index (κ1) is 24.8. The molecule has 1 fully saturated rings. The van der Waals surface area contributed by atoms with Gasteiger partial charge in [0.15, 0.2) is 0 Å². The fourth-order valence-electron chi connectivity index (χ4n) is 4.88. The van der Waals surface area contributed by atoms with Crippen LogP contribution in [0.2, 0.25) is 0 Å². The lowest BCUT2D eigenvalue weighted by Gasteiger charge is -2.19. The molecule has 0 radical (unpaired) electrons. The highest BCUT2D eigenvalue weighted by atomic mass is 16.5. The number of amides is 2. The maximum Gasteiger partial charge on any atom is 0.407 e. The van der Waals surface area contributed by atoms with E-state index in [4.69, 9.17) is 9.84 Å². The fourth-order valence-corrected chi connectivity index (χ4v) is 4.88. The zero-order chi connectivity index (χ0) is 24.8. The maximum atomic E-state index is 12.7. The van der Waals surface area contributed by atoms with E-state index in [2.05, 4.69) is 34.9 Å². The molecule has 0 spiro atoms. The molecule has 2 amide bonds. The van der Waals surface area contributed by atoms with Gasteiger partial charge in [0.2, 0.25) is 5.91 Å². The van der Waals surface area contributed by atoms with E-state index in [1.807, 2.05) is 31.2 Å². The second-order valence-electron chi connectivity index (χ2n) is 9.87. The van der Waals surface area contributed by atoms with Crippen LogP contribution in [0.4, 0.5) is 4.79 Å². The lowest BCUT2D eigenvalue weighted by Crippen LogP contribution is -2.40. The Kier molecular flexibility index (Phi) is 8.06. The summed E-state index contributed by atoms with van der Waals surface area (Å²) in [5.74, 6) is -0.736. The van der Waals surface area contributed by atoms with Crippen LogP contribution in [0, 0.1) is 17.8 Å². The highest BCUT2D eigenvalue weighted by molar-refractivity contribution is 5.80. The number of carboxylic acid groups (broad SMARTS) is 1. The number of carbonyl (C=O) groups excluding carboxylic acids is 2. The van der Waals surface area contributed by atoms with E-state index in [1.165, 1.54) is 11.1 Å². The van der Waals surface area contributed by atoms with Gasteiger partial charge in [0.25, 0.3) is 0 Å². The van der Waals surface area contributed by atoms with Crippen molar-refractivity contribution in [1.82, 2.24) is 10.6 Å². The van der Waals surface area contributed by atoms with Gasteiger partial charge in [-0.25, -0.2) is 4.79 Å². The summed E-state index contributed by atoms with van der Waals surface area (Å²) in [6, 6.07) is 16.4. The van der Waals surface area contributed by atoms with Gasteiger partial charge in [-0.15, -0.1) is 0 Å². The van der Waals surface area contributed by atoms with Crippen molar-refractivity contribution in [2.45, 2.75) is 44.9 Å². The number of nitrogens with one attached hydrogen (secondary N) is 2. The Morgan fingerprint density at radius 3 is 2.23 bits per heavy atom. The van der Waals surface area contributed by atoms with E-state index in [0.29, 0.717) is 18.9 Å². The predicted molar refractivity (Wildman–Crippen MR) is 133 cm³/mol. The van der Waals surface area contributed by atoms with Crippen LogP contribution in [-0.4, -0.2) is 42.8 Å². The number of alkyl carbamates (subject to hydrolysis) is 1. The SMILES string of the molecule is CC(CCNC(=O)C(CNC(=O)OCC1c2ccccc2-c2ccccc21)CC1CC1)CC(=O)O. The van der Waals surface area contributed by atoms with Crippen molar-refractivity contribution in [3.05, 3.63) is 59.7 Å². The summed E-state index contributed by atoms with van der Waals surface area (Å²) in [5.41, 5.74) is 4.67. The summed E-state index contributed by atoms with van der Waals surface area (Å²) in [6.45, 7) is 2.75. The molecular formula is C28H34N2O5. The third-order valence-electron chi connectivity index (χ3n) is 6.98. The topological polar surface area (TPSA) is 105 Å². The zero-order valence-electron chi connectivity index (χ0n) is 20.2. The van der Waals surface area contributed by atoms with Crippen LogP contribution in [0.3, 0.4) is 0 Å². The standard InChI is InChI=1S/C28H34N2O5/c1-18(14-26(31)32)12-13-29-27(33)20(15-19-10-11-19)16-30-28(34)35-17-25-23-8-4-2-6-21(23)22-7-3-5-9-24(22)25/h2-9,18-20,25H,10-17H2,1H3,(H,29,33)(H,30,34)(H,31,32). The molecule has 7 nitrogen and oxygen atoms in total. The monoisotopic (exact) mass is 478 g/mol. The number of rotatable bonds is 12. The highest BCUT2D eigenvalue weighted by Gasteiger charge is 2.31. The van der Waals surface area contributed by atoms with Crippen LogP contribution in [0.25, 0.3) is 11.1 Å². The molecular weight excluding hydrogens is 444 g/mol. The first-order valence-corrected chi connectivity index (χ1v) is 12.5. The van der Waals surface area contributed by atoms with E-state index in [0.717, 1.165) is 30.4 Å². The van der Waals surface area contributed by atoms with Crippen LogP contribution in [0.15, 0.2) is 48.5 Å². The number of benzene rings is 2. The van der Waals surface area contributed by atoms with Crippen molar-refractivity contribution >= 4 is 18.0 Å². The largest absolute Gasteiger partial charge is 0.481 e. The smallest absolute Gasteiger partial charge is 0.407 e. The average molecular weight is 479 g/mol. The third kappa shape index (κ3) is 6.62. The minimum absolute atomic E-state index is 0.00590. The van der Waals surface area contributed by atoms with Crippen molar-refractivity contribution < 1.29 is 24.2 Å². The van der Waals surface area contributed by atoms with E-state index in [9.17, 15) is 14.4 Å². The van der Waals surface area contributed by atoms with Gasteiger partial charge in [0.05, 0.1) is 5.92 Å². The number of ether oxygens (including phenoxy) is 1. The molecule has 2 aliphatic rings. The van der Waals surface area contributed by atoms with Crippen molar-refractivity contribution in [3.63, 3.8) is 0 Å². The molecule has 3 N–H and O–H groups in total. The highest BCUT2D eigenvalue weighted by Crippen LogP contribution is 2.44. The van der Waals surface area contributed by atoms with E-state index >= 15 is 0 Å². The molecule has 1 saturated carbocycles. The molecule has 186 valence electrons. The summed E-state index contributed by atoms with van der Waals surface area (Å²) in [6.07, 6.45) is 3.14. The quantitative estimate of drug-likeness (QED) is 0.415. The molecule has 2 aromatic carbocycles. The minimum Gasteiger partial charge on any atom is -0.481 e. The Morgan fingerprint density at radius 2 is 1.63 bits per heavy atom. The number of carbonyl (C=O) groups is 3. The number of aliphatic carboxylic acids is 1. The molecule has 0 bridgehead atoms. The van der Waals surface area contributed by atoms with Crippen LogP contribution in [-0.2, 0) is 14.3 Å². The Balaban J connectivity index is 1.27. The Bertz CT molecular complexity index is 1020. The number of hydrogen-bond acceptors (Lipinski definition) is 4. The van der Waals surface area contributed by atoms with Crippen LogP contribution >= 0.6 is 0 Å². The molecule has 0 saturated heterocycles. The van der Waals surface area contributed by atoms with Crippen molar-refractivity contribution in [3.8, 4) is 11.1 Å². The first-order valence-electron chi connectivity index (χ1n) is 12.5. The second-order valence-corrected chi connectivity index (χ2v) is 9.87. The second kappa shape index (κ2) is 11.4. The van der Waals surface area contributed by atoms with Crippen LogP contribution in [0.1, 0.15) is 56.1 Å². The lowest BCUT2D eigenvalue weighted by molar-refractivity contribution is -0.138. The molecule has 35 heavy (non-hydrogen) atoms. The molecule has 2 aliphatic carbocycles. The predicted octanol–water partition coefficient (Wildman–Crippen LogP) is 4.56. The van der Waals surface area contributed by atoms with Gasteiger partial charge in [-0.3, -0.25) is 9.59 Å². The van der Waals surface area contributed by atoms with Gasteiger partial charge >= 0.3 is 12.1 Å². The summed E-state index contributed by atoms with van der Waals surface area (Å²) in [4.78, 5) is 36.1. The summed E-state index contributed by atoms with van der Waals surface area (Å²) >= 11 is 0. The van der Waals surface area contributed by atoms with E-state index in [1.54, 1.807) is 0 Å². The van der Waals surface area contributed by atoms with Gasteiger partial charge in [0.1, 0.15) is 6.61 Å². The molecule has 0 heterocycles. The maximum absolute atomic E-state index is 12.7. The van der Waals surface area contributed by atoms with Crippen molar-refractivity contribution in [2.75, 3.05) is 19.7 Å². The summed E-state index contributed by atoms with van der Waals surface area (Å²) < 4.78 is 5.60. The van der Waals surface area contributed by atoms with Gasteiger partial charge in [-0.05, 0) is 46.9 Å². The average Bonchev–Trinajstić information content (AvgIpc) is 3.60. The fraction of sp³-hybridized carbons (Fsp3) is 0.464. The van der Waals surface area contributed by atoms with Gasteiger partial charge in [-0.2, -0.15) is 0 Å². The molecule has 4 rings (SSSR count). The van der Waals surface area contributed by atoms with Crippen LogP contribution in [0.5, 0.6) is 0 Å². The van der Waals surface area contributed by atoms with Gasteiger partial charge in [0, 0.05) is 25.4 Å². The third-order valence-corrected chi connectivity index (χ3v) is 6.98. The van der Waals surface area contributed by atoms with Gasteiger partial charge in [-0.1, -0.05) is 68.3 Å². The lowest BCUT2D eigenvalue weighted by atomic mass is 9.98. The normalized spacial score (nSPS) is 16.0. The zero-order valence-corrected chi connectivity index (χ0v) is 20.2. The summed E-state index contributed by atoms with van der Waals surface area (Å²) in [7, 11) is 0. The summed E-state index contributed by atoms with van der Waals surface area (Å²) in [5, 5.41) is 14.6. The Hall–Kier alpha value is -3.35. The molecule has 7 heteroatoms. The molecule has 0 aliphatic heterocycles. The number of fused-ring (bicyclic) bond motifs is 3. The Labute approximate surface area is 206 Å². The first-order chi connectivity index (χ1) is 16.9. The number of hydrogen-bond donors (Lipinski definition) is 3. The Morgan fingerprint density at radius 1 is 1.00 bits per heavy atom. The van der Waals surface area contributed by atoms with E-state index < -0.39 is 12.1 Å².